The topological polar surface area (TPSA) is 34.9 Å². The van der Waals surface area contributed by atoms with E-state index in [2.05, 4.69) is 43.6 Å². The standard InChI is InChI=1S/C17H16N2OS/c1-4-7-19-10-18-16-15(17(19)20)14(9-21-16)13-6-5-11(2)12(3)8-13/h4-6,8-10H,1,7H2,2-3H3. The quantitative estimate of drug-likeness (QED) is 0.686. The van der Waals surface area contributed by atoms with Crippen LogP contribution >= 0.6 is 11.3 Å². The monoisotopic (exact) mass is 296 g/mol. The van der Waals surface area contributed by atoms with Crippen LogP contribution in [0.5, 0.6) is 0 Å². The molecule has 3 aromatic rings. The third-order valence-electron chi connectivity index (χ3n) is 3.70. The molecule has 0 atom stereocenters. The lowest BCUT2D eigenvalue weighted by atomic mass is 10.0. The van der Waals surface area contributed by atoms with Crippen LogP contribution in [-0.2, 0) is 6.54 Å². The molecule has 0 saturated carbocycles. The Morgan fingerprint density at radius 1 is 1.33 bits per heavy atom. The zero-order valence-corrected chi connectivity index (χ0v) is 12.9. The van der Waals surface area contributed by atoms with Gasteiger partial charge in [0.05, 0.1) is 11.7 Å². The van der Waals surface area contributed by atoms with Crippen LogP contribution in [0.1, 0.15) is 11.1 Å². The average molecular weight is 296 g/mol. The Morgan fingerprint density at radius 2 is 2.14 bits per heavy atom. The van der Waals surface area contributed by atoms with Crippen LogP contribution in [-0.4, -0.2) is 9.55 Å². The van der Waals surface area contributed by atoms with Crippen molar-refractivity contribution in [2.24, 2.45) is 0 Å². The van der Waals surface area contributed by atoms with Gasteiger partial charge in [-0.15, -0.1) is 17.9 Å². The molecule has 0 aliphatic carbocycles. The molecular formula is C17H16N2OS. The normalized spacial score (nSPS) is 11.0. The van der Waals surface area contributed by atoms with Crippen molar-refractivity contribution in [3.8, 4) is 11.1 Å². The van der Waals surface area contributed by atoms with Crippen molar-refractivity contribution in [1.82, 2.24) is 9.55 Å². The zero-order valence-electron chi connectivity index (χ0n) is 12.1. The van der Waals surface area contributed by atoms with E-state index in [1.54, 1.807) is 17.0 Å². The van der Waals surface area contributed by atoms with Gasteiger partial charge in [0.25, 0.3) is 5.56 Å². The van der Waals surface area contributed by atoms with Crippen molar-refractivity contribution in [1.29, 1.82) is 0 Å². The van der Waals surface area contributed by atoms with Gasteiger partial charge in [-0.1, -0.05) is 24.3 Å². The molecule has 21 heavy (non-hydrogen) atoms. The Balaban J connectivity index is 2.27. The van der Waals surface area contributed by atoms with Crippen molar-refractivity contribution in [3.05, 3.63) is 64.0 Å². The molecule has 0 N–H and O–H groups in total. The summed E-state index contributed by atoms with van der Waals surface area (Å²) < 4.78 is 1.59. The molecule has 0 bridgehead atoms. The predicted molar refractivity (Wildman–Crippen MR) is 89.0 cm³/mol. The zero-order chi connectivity index (χ0) is 15.0. The van der Waals surface area contributed by atoms with Gasteiger partial charge in [-0.2, -0.15) is 0 Å². The lowest BCUT2D eigenvalue weighted by Gasteiger charge is -2.05. The van der Waals surface area contributed by atoms with Crippen LogP contribution in [0.15, 0.2) is 47.4 Å². The van der Waals surface area contributed by atoms with Gasteiger partial charge < -0.3 is 0 Å². The van der Waals surface area contributed by atoms with Crippen LogP contribution in [0.2, 0.25) is 0 Å². The predicted octanol–water partition coefficient (Wildman–Crippen LogP) is 3.93. The Bertz CT molecular complexity index is 889. The molecule has 0 aliphatic rings. The van der Waals surface area contributed by atoms with Crippen LogP contribution in [0, 0.1) is 13.8 Å². The number of hydrogen-bond donors (Lipinski definition) is 0. The van der Waals surface area contributed by atoms with E-state index in [0.29, 0.717) is 11.9 Å². The maximum Gasteiger partial charge on any atom is 0.262 e. The van der Waals surface area contributed by atoms with Crippen LogP contribution in [0.25, 0.3) is 21.3 Å². The summed E-state index contributed by atoms with van der Waals surface area (Å²) in [5.41, 5.74) is 4.51. The highest BCUT2D eigenvalue weighted by atomic mass is 32.1. The molecule has 106 valence electrons. The third-order valence-corrected chi connectivity index (χ3v) is 4.59. The fourth-order valence-electron chi connectivity index (χ4n) is 2.36. The SMILES string of the molecule is C=CCn1cnc2scc(-c3ccc(C)c(C)c3)c2c1=O. The van der Waals surface area contributed by atoms with E-state index >= 15 is 0 Å². The Kier molecular flexibility index (Phi) is 3.47. The number of hydrogen-bond acceptors (Lipinski definition) is 3. The minimum Gasteiger partial charge on any atom is -0.295 e. The molecule has 0 amide bonds. The highest BCUT2D eigenvalue weighted by Gasteiger charge is 2.13. The molecule has 3 rings (SSSR count). The smallest absolute Gasteiger partial charge is 0.262 e. The molecule has 4 heteroatoms. The lowest BCUT2D eigenvalue weighted by Crippen LogP contribution is -2.19. The fraction of sp³-hybridized carbons (Fsp3) is 0.176. The van der Waals surface area contributed by atoms with Gasteiger partial charge in [0.2, 0.25) is 0 Å². The molecular weight excluding hydrogens is 280 g/mol. The van der Waals surface area contributed by atoms with Crippen LogP contribution in [0.3, 0.4) is 0 Å². The van der Waals surface area contributed by atoms with Gasteiger partial charge in [0.1, 0.15) is 4.83 Å². The summed E-state index contributed by atoms with van der Waals surface area (Å²) >= 11 is 1.51. The van der Waals surface area contributed by atoms with Gasteiger partial charge in [-0.3, -0.25) is 9.36 Å². The van der Waals surface area contributed by atoms with Gasteiger partial charge in [-0.25, -0.2) is 4.98 Å². The summed E-state index contributed by atoms with van der Waals surface area (Å²) in [7, 11) is 0. The number of benzene rings is 1. The first-order valence-electron chi connectivity index (χ1n) is 6.77. The third kappa shape index (κ3) is 2.32. The van der Waals surface area contributed by atoms with Crippen molar-refractivity contribution >= 4 is 21.6 Å². The summed E-state index contributed by atoms with van der Waals surface area (Å²) in [6, 6.07) is 6.28. The minimum atomic E-state index is -0.00521. The van der Waals surface area contributed by atoms with E-state index < -0.39 is 0 Å². The highest BCUT2D eigenvalue weighted by molar-refractivity contribution is 7.17. The maximum absolute atomic E-state index is 12.6. The number of thiophene rings is 1. The van der Waals surface area contributed by atoms with Crippen molar-refractivity contribution in [2.45, 2.75) is 20.4 Å². The second kappa shape index (κ2) is 5.30. The molecule has 3 nitrogen and oxygen atoms in total. The maximum atomic E-state index is 12.6. The number of nitrogens with zero attached hydrogens (tertiary/aromatic N) is 2. The van der Waals surface area contributed by atoms with E-state index in [1.807, 2.05) is 5.38 Å². The van der Waals surface area contributed by atoms with E-state index in [-0.39, 0.29) is 5.56 Å². The highest BCUT2D eigenvalue weighted by Crippen LogP contribution is 2.31. The first-order chi connectivity index (χ1) is 10.1. The molecule has 0 aliphatic heterocycles. The van der Waals surface area contributed by atoms with Crippen LogP contribution < -0.4 is 5.56 Å². The summed E-state index contributed by atoms with van der Waals surface area (Å²) in [5, 5.41) is 2.72. The second-order valence-corrected chi connectivity index (χ2v) is 5.98. The van der Waals surface area contributed by atoms with Crippen molar-refractivity contribution in [3.63, 3.8) is 0 Å². The van der Waals surface area contributed by atoms with E-state index in [9.17, 15) is 4.79 Å². The summed E-state index contributed by atoms with van der Waals surface area (Å²) in [5.74, 6) is 0. The molecule has 1 aromatic carbocycles. The van der Waals surface area contributed by atoms with E-state index in [4.69, 9.17) is 0 Å². The number of allylic oxidation sites excluding steroid dienone is 1. The first kappa shape index (κ1) is 13.8. The molecule has 0 saturated heterocycles. The van der Waals surface area contributed by atoms with Gasteiger partial charge >= 0.3 is 0 Å². The molecule has 0 fully saturated rings. The minimum absolute atomic E-state index is 0.00521. The number of fused-ring (bicyclic) bond motifs is 1. The van der Waals surface area contributed by atoms with Gasteiger partial charge in [0.15, 0.2) is 0 Å². The number of aryl methyl sites for hydroxylation is 2. The fourth-order valence-corrected chi connectivity index (χ4v) is 3.26. The molecule has 0 spiro atoms. The number of rotatable bonds is 3. The van der Waals surface area contributed by atoms with Gasteiger partial charge in [0, 0.05) is 17.5 Å². The molecule has 2 heterocycles. The molecule has 0 radical (unpaired) electrons. The van der Waals surface area contributed by atoms with E-state index in [1.165, 1.54) is 22.5 Å². The second-order valence-electron chi connectivity index (χ2n) is 5.12. The summed E-state index contributed by atoms with van der Waals surface area (Å²) in [4.78, 5) is 17.8. The Labute approximate surface area is 127 Å². The summed E-state index contributed by atoms with van der Waals surface area (Å²) in [6.45, 7) is 8.33. The molecule has 2 aromatic heterocycles. The number of aromatic nitrogens is 2. The van der Waals surface area contributed by atoms with Crippen molar-refractivity contribution < 1.29 is 0 Å². The van der Waals surface area contributed by atoms with Crippen LogP contribution in [0.4, 0.5) is 0 Å². The Hall–Kier alpha value is -2.20. The lowest BCUT2D eigenvalue weighted by molar-refractivity contribution is 0.769. The average Bonchev–Trinajstić information content (AvgIpc) is 2.90. The largest absolute Gasteiger partial charge is 0.295 e. The molecule has 0 unspecified atom stereocenters. The summed E-state index contributed by atoms with van der Waals surface area (Å²) in [6.07, 6.45) is 3.30. The van der Waals surface area contributed by atoms with E-state index in [0.717, 1.165) is 16.0 Å². The Morgan fingerprint density at radius 3 is 2.86 bits per heavy atom. The first-order valence-corrected chi connectivity index (χ1v) is 7.65. The van der Waals surface area contributed by atoms with Gasteiger partial charge in [-0.05, 0) is 30.5 Å². The van der Waals surface area contributed by atoms with Crippen molar-refractivity contribution in [2.75, 3.05) is 0 Å².